The maximum absolute atomic E-state index is 13.0. The molecular weight excluding hydrogens is 303 g/mol. The van der Waals surface area contributed by atoms with E-state index < -0.39 is 12.0 Å². The topological polar surface area (TPSA) is 37.8 Å². The highest BCUT2D eigenvalue weighted by atomic mass is 19.4. The maximum atomic E-state index is 13.0. The normalized spacial score (nSPS) is 11.7. The van der Waals surface area contributed by atoms with Crippen molar-refractivity contribution in [1.82, 2.24) is 9.97 Å². The van der Waals surface area contributed by atoms with Gasteiger partial charge in [0, 0.05) is 11.1 Å². The molecule has 0 saturated heterocycles. The van der Waals surface area contributed by atoms with Gasteiger partial charge in [-0.05, 0) is 36.2 Å². The van der Waals surface area contributed by atoms with Crippen LogP contribution in [-0.4, -0.2) is 9.97 Å². The number of nitrogens with one attached hydrogen (secondary N) is 1. The van der Waals surface area contributed by atoms with Crippen LogP contribution in [0, 0.1) is 0 Å². The average Bonchev–Trinajstić information content (AvgIpc) is 2.54. The summed E-state index contributed by atoms with van der Waals surface area (Å²) in [5.41, 5.74) is 2.08. The predicted octanol–water partition coefficient (Wildman–Crippen LogP) is 4.95. The Morgan fingerprint density at radius 2 is 1.65 bits per heavy atom. The van der Waals surface area contributed by atoms with E-state index in [1.165, 1.54) is 6.07 Å². The molecule has 0 radical (unpaired) electrons. The summed E-state index contributed by atoms with van der Waals surface area (Å²) >= 11 is 0. The second-order valence-corrected chi connectivity index (χ2v) is 5.09. The van der Waals surface area contributed by atoms with E-state index in [-0.39, 0.29) is 11.3 Å². The number of fused-ring (bicyclic) bond motifs is 1. The third kappa shape index (κ3) is 3.26. The Balaban J connectivity index is 2.07. The number of nitrogens with zero attached hydrogens (tertiary/aromatic N) is 2. The first-order valence-electron chi connectivity index (χ1n) is 7.17. The molecule has 3 aromatic rings. The number of anilines is 2. The lowest BCUT2D eigenvalue weighted by Crippen LogP contribution is -2.12. The van der Waals surface area contributed by atoms with Crippen molar-refractivity contribution >= 4 is 22.4 Å². The summed E-state index contributed by atoms with van der Waals surface area (Å²) in [7, 11) is 0. The van der Waals surface area contributed by atoms with Gasteiger partial charge in [0.1, 0.15) is 5.82 Å². The molecule has 0 bridgehead atoms. The Kier molecular flexibility index (Phi) is 3.90. The van der Waals surface area contributed by atoms with Crippen molar-refractivity contribution in [1.29, 1.82) is 0 Å². The molecule has 0 atom stereocenters. The van der Waals surface area contributed by atoms with Crippen LogP contribution >= 0.6 is 0 Å². The molecular formula is C17H14F3N3. The molecule has 0 aliphatic carbocycles. The molecule has 0 amide bonds. The molecule has 0 unspecified atom stereocenters. The summed E-state index contributed by atoms with van der Waals surface area (Å²) in [5.74, 6) is -1.00. The van der Waals surface area contributed by atoms with Gasteiger partial charge >= 0.3 is 6.18 Å². The summed E-state index contributed by atoms with van der Waals surface area (Å²) in [6, 6.07) is 14.1. The number of para-hydroxylation sites is 1. The summed E-state index contributed by atoms with van der Waals surface area (Å²) in [4.78, 5) is 7.26. The minimum Gasteiger partial charge on any atom is -0.340 e. The number of aromatic nitrogens is 2. The fourth-order valence-corrected chi connectivity index (χ4v) is 2.26. The number of rotatable bonds is 3. The molecule has 3 rings (SSSR count). The molecule has 0 spiro atoms. The molecule has 23 heavy (non-hydrogen) atoms. The van der Waals surface area contributed by atoms with Crippen molar-refractivity contribution in [3.05, 3.63) is 59.9 Å². The van der Waals surface area contributed by atoms with Crippen molar-refractivity contribution < 1.29 is 13.2 Å². The van der Waals surface area contributed by atoms with Crippen LogP contribution in [-0.2, 0) is 12.6 Å². The van der Waals surface area contributed by atoms with Gasteiger partial charge in [-0.1, -0.05) is 31.2 Å². The van der Waals surface area contributed by atoms with Crippen molar-refractivity contribution in [2.24, 2.45) is 0 Å². The summed E-state index contributed by atoms with van der Waals surface area (Å²) < 4.78 is 38.9. The van der Waals surface area contributed by atoms with Gasteiger partial charge in [-0.25, -0.2) is 9.97 Å². The third-order valence-electron chi connectivity index (χ3n) is 3.48. The van der Waals surface area contributed by atoms with Gasteiger partial charge in [-0.3, -0.25) is 0 Å². The molecule has 1 N–H and O–H groups in total. The lowest BCUT2D eigenvalue weighted by molar-refractivity contribution is -0.144. The van der Waals surface area contributed by atoms with Crippen LogP contribution in [0.1, 0.15) is 18.3 Å². The van der Waals surface area contributed by atoms with Crippen molar-refractivity contribution in [2.45, 2.75) is 19.5 Å². The fourth-order valence-electron chi connectivity index (χ4n) is 2.26. The van der Waals surface area contributed by atoms with Gasteiger partial charge in [-0.15, -0.1) is 0 Å². The molecule has 0 aliphatic rings. The van der Waals surface area contributed by atoms with Crippen LogP contribution in [0.15, 0.2) is 48.5 Å². The number of aryl methyl sites for hydroxylation is 1. The SMILES string of the molecule is CCc1ccc(Nc2nc(C(F)(F)F)nc3ccccc23)cc1. The van der Waals surface area contributed by atoms with E-state index in [1.54, 1.807) is 18.2 Å². The van der Waals surface area contributed by atoms with Crippen LogP contribution in [0.3, 0.4) is 0 Å². The first-order valence-corrected chi connectivity index (χ1v) is 7.17. The second-order valence-electron chi connectivity index (χ2n) is 5.09. The lowest BCUT2D eigenvalue weighted by Gasteiger charge is -2.12. The molecule has 3 nitrogen and oxygen atoms in total. The number of alkyl halides is 3. The minimum absolute atomic E-state index is 0.146. The molecule has 6 heteroatoms. The number of hydrogen-bond acceptors (Lipinski definition) is 3. The summed E-state index contributed by atoms with van der Waals surface area (Å²) in [6.45, 7) is 2.04. The highest BCUT2D eigenvalue weighted by molar-refractivity contribution is 5.90. The highest BCUT2D eigenvalue weighted by Crippen LogP contribution is 2.31. The summed E-state index contributed by atoms with van der Waals surface area (Å²) in [5, 5.41) is 3.50. The first kappa shape index (κ1) is 15.3. The molecule has 0 saturated carbocycles. The van der Waals surface area contributed by atoms with E-state index >= 15 is 0 Å². The van der Waals surface area contributed by atoms with Crippen LogP contribution in [0.25, 0.3) is 10.9 Å². The highest BCUT2D eigenvalue weighted by Gasteiger charge is 2.35. The molecule has 0 fully saturated rings. The van der Waals surface area contributed by atoms with Crippen LogP contribution in [0.5, 0.6) is 0 Å². The number of halogens is 3. The first-order chi connectivity index (χ1) is 11.0. The van der Waals surface area contributed by atoms with Crippen LogP contribution < -0.4 is 5.32 Å². The predicted molar refractivity (Wildman–Crippen MR) is 83.6 cm³/mol. The van der Waals surface area contributed by atoms with E-state index in [1.807, 2.05) is 31.2 Å². The van der Waals surface area contributed by atoms with E-state index in [4.69, 9.17) is 0 Å². The Hall–Kier alpha value is -2.63. The zero-order valence-corrected chi connectivity index (χ0v) is 12.4. The Bertz CT molecular complexity index is 827. The Labute approximate surface area is 131 Å². The van der Waals surface area contributed by atoms with Gasteiger partial charge in [0.2, 0.25) is 5.82 Å². The molecule has 118 valence electrons. The van der Waals surface area contributed by atoms with Gasteiger partial charge in [0.05, 0.1) is 5.52 Å². The smallest absolute Gasteiger partial charge is 0.340 e. The van der Waals surface area contributed by atoms with E-state index in [2.05, 4.69) is 15.3 Å². The van der Waals surface area contributed by atoms with Crippen molar-refractivity contribution in [3.8, 4) is 0 Å². The number of benzene rings is 2. The van der Waals surface area contributed by atoms with E-state index in [0.717, 1.165) is 12.0 Å². The zero-order chi connectivity index (χ0) is 16.4. The standard InChI is InChI=1S/C17H14F3N3/c1-2-11-7-9-12(10-8-11)21-15-13-5-3-4-6-14(13)22-16(23-15)17(18,19)20/h3-10H,2H2,1H3,(H,21,22,23). The monoisotopic (exact) mass is 317 g/mol. The maximum Gasteiger partial charge on any atom is 0.451 e. The van der Waals surface area contributed by atoms with Crippen molar-refractivity contribution in [3.63, 3.8) is 0 Å². The average molecular weight is 317 g/mol. The Morgan fingerprint density at radius 3 is 2.30 bits per heavy atom. The zero-order valence-electron chi connectivity index (χ0n) is 12.4. The lowest BCUT2D eigenvalue weighted by atomic mass is 10.1. The number of hydrogen-bond donors (Lipinski definition) is 1. The third-order valence-corrected chi connectivity index (χ3v) is 3.48. The van der Waals surface area contributed by atoms with Crippen LogP contribution in [0.2, 0.25) is 0 Å². The molecule has 1 heterocycles. The van der Waals surface area contributed by atoms with Gasteiger partial charge < -0.3 is 5.32 Å². The van der Waals surface area contributed by atoms with E-state index in [9.17, 15) is 13.2 Å². The molecule has 0 aliphatic heterocycles. The van der Waals surface area contributed by atoms with Gasteiger partial charge in [-0.2, -0.15) is 13.2 Å². The minimum atomic E-state index is -4.59. The van der Waals surface area contributed by atoms with Crippen LogP contribution in [0.4, 0.5) is 24.7 Å². The van der Waals surface area contributed by atoms with Crippen molar-refractivity contribution in [2.75, 3.05) is 5.32 Å². The fraction of sp³-hybridized carbons (Fsp3) is 0.176. The van der Waals surface area contributed by atoms with Gasteiger partial charge in [0.25, 0.3) is 0 Å². The molecule has 2 aromatic carbocycles. The second kappa shape index (κ2) is 5.87. The summed E-state index contributed by atoms with van der Waals surface area (Å²) in [6.07, 6.45) is -3.69. The largest absolute Gasteiger partial charge is 0.451 e. The quantitative estimate of drug-likeness (QED) is 0.742. The van der Waals surface area contributed by atoms with Gasteiger partial charge in [0.15, 0.2) is 0 Å². The molecule has 1 aromatic heterocycles. The Morgan fingerprint density at radius 1 is 0.957 bits per heavy atom. The van der Waals surface area contributed by atoms with E-state index in [0.29, 0.717) is 11.1 Å².